The first-order valence-electron chi connectivity index (χ1n) is 13.2. The number of imidazole rings is 1. The second kappa shape index (κ2) is 13.5. The number of hydrogen-bond donors (Lipinski definition) is 2. The highest BCUT2D eigenvalue weighted by Gasteiger charge is 2.21. The number of aromatic nitrogens is 4. The maximum Gasteiger partial charge on any atom is 0.243 e. The fraction of sp³-hybridized carbons (Fsp3) is 0.556. The summed E-state index contributed by atoms with van der Waals surface area (Å²) in [6.45, 7) is 8.38. The third kappa shape index (κ3) is 7.24. The second-order valence-corrected chi connectivity index (χ2v) is 9.70. The molecule has 3 aromatic rings. The van der Waals surface area contributed by atoms with Gasteiger partial charge in [-0.15, -0.1) is 0 Å². The highest BCUT2D eigenvalue weighted by molar-refractivity contribution is 5.88. The van der Waals surface area contributed by atoms with E-state index in [1.807, 2.05) is 12.4 Å². The fourth-order valence-electron chi connectivity index (χ4n) is 4.46. The van der Waals surface area contributed by atoms with Gasteiger partial charge in [-0.05, 0) is 38.3 Å². The first-order valence-corrected chi connectivity index (χ1v) is 13.2. The number of carbonyl (C=O) groups excluding carboxylic acids is 1. The molecule has 2 aromatic heterocycles. The lowest BCUT2D eigenvalue weighted by molar-refractivity contribution is -0.129. The van der Waals surface area contributed by atoms with E-state index in [1.165, 1.54) is 0 Å². The van der Waals surface area contributed by atoms with Crippen molar-refractivity contribution in [2.75, 3.05) is 37.8 Å². The first-order chi connectivity index (χ1) is 18.1. The number of anilines is 1. The maximum absolute atomic E-state index is 11.0. The van der Waals surface area contributed by atoms with Crippen LogP contribution in [-0.4, -0.2) is 63.5 Å². The van der Waals surface area contributed by atoms with Gasteiger partial charge in [-0.1, -0.05) is 37.5 Å². The van der Waals surface area contributed by atoms with Crippen molar-refractivity contribution >= 4 is 23.0 Å². The van der Waals surface area contributed by atoms with Crippen LogP contribution < -0.4 is 10.4 Å². The summed E-state index contributed by atoms with van der Waals surface area (Å²) in [5, 5.41) is 8.51. The van der Waals surface area contributed by atoms with Crippen LogP contribution in [0.4, 0.5) is 5.95 Å². The number of rotatable bonds is 13. The number of fused-ring (bicyclic) bond motifs is 1. The number of nitrogens with zero attached hydrogens (tertiary/aromatic N) is 5. The highest BCUT2D eigenvalue weighted by Crippen LogP contribution is 2.29. The molecule has 1 amide bonds. The Bertz CT molecular complexity index is 1160. The molecular formula is C27H38N6O4. The normalized spacial score (nSPS) is 14.0. The summed E-state index contributed by atoms with van der Waals surface area (Å²) in [6, 6.07) is 8.55. The predicted molar refractivity (Wildman–Crippen MR) is 141 cm³/mol. The minimum atomic E-state index is -0.321. The number of nitrogens with one attached hydrogen (secondary N) is 1. The Hall–Kier alpha value is -3.08. The molecule has 1 aromatic carbocycles. The van der Waals surface area contributed by atoms with Crippen LogP contribution in [0, 0.1) is 0 Å². The zero-order valence-corrected chi connectivity index (χ0v) is 21.9. The Morgan fingerprint density at radius 3 is 2.70 bits per heavy atom. The van der Waals surface area contributed by atoms with E-state index in [1.54, 1.807) is 5.48 Å². The Labute approximate surface area is 218 Å². The van der Waals surface area contributed by atoms with Gasteiger partial charge in [0.2, 0.25) is 11.9 Å². The lowest BCUT2D eigenvalue weighted by Crippen LogP contribution is -2.37. The van der Waals surface area contributed by atoms with Crippen LogP contribution >= 0.6 is 0 Å². The smallest absolute Gasteiger partial charge is 0.243 e. The number of hydrogen-bond acceptors (Lipinski definition) is 8. The number of benzene rings is 1. The Balaban J connectivity index is 1.40. The molecule has 1 aliphatic rings. The summed E-state index contributed by atoms with van der Waals surface area (Å²) in [7, 11) is 0. The molecule has 0 saturated carbocycles. The van der Waals surface area contributed by atoms with E-state index in [0.29, 0.717) is 38.8 Å². The average Bonchev–Trinajstić information content (AvgIpc) is 3.36. The van der Waals surface area contributed by atoms with Gasteiger partial charge < -0.3 is 18.9 Å². The van der Waals surface area contributed by atoms with Crippen molar-refractivity contribution in [3.8, 4) is 11.3 Å². The molecule has 0 atom stereocenters. The predicted octanol–water partition coefficient (Wildman–Crippen LogP) is 4.27. The van der Waals surface area contributed by atoms with Gasteiger partial charge in [0.1, 0.15) is 11.2 Å². The maximum atomic E-state index is 11.0. The van der Waals surface area contributed by atoms with E-state index in [2.05, 4.69) is 41.5 Å². The van der Waals surface area contributed by atoms with E-state index < -0.39 is 0 Å². The second-order valence-electron chi connectivity index (χ2n) is 9.70. The molecule has 4 rings (SSSR count). The van der Waals surface area contributed by atoms with E-state index in [-0.39, 0.29) is 11.9 Å². The van der Waals surface area contributed by atoms with Crippen molar-refractivity contribution in [2.24, 2.45) is 0 Å². The number of ether oxygens (including phenoxy) is 2. The molecule has 0 radical (unpaired) electrons. The molecule has 3 heterocycles. The summed E-state index contributed by atoms with van der Waals surface area (Å²) in [5.74, 6) is 0.394. The van der Waals surface area contributed by atoms with Crippen molar-refractivity contribution in [3.05, 3.63) is 36.2 Å². The summed E-state index contributed by atoms with van der Waals surface area (Å²) in [5.41, 5.74) is 6.25. The molecule has 0 aliphatic carbocycles. The van der Waals surface area contributed by atoms with E-state index >= 15 is 0 Å². The van der Waals surface area contributed by atoms with Gasteiger partial charge in [0, 0.05) is 37.7 Å². The molecule has 0 spiro atoms. The average molecular weight is 511 g/mol. The zero-order chi connectivity index (χ0) is 26.0. The molecule has 2 N–H and O–H groups in total. The third-order valence-electron chi connectivity index (χ3n) is 6.55. The fourth-order valence-corrected chi connectivity index (χ4v) is 4.46. The minimum absolute atomic E-state index is 0.241. The van der Waals surface area contributed by atoms with Crippen molar-refractivity contribution in [1.29, 1.82) is 0 Å². The number of hydroxylamine groups is 1. The molecule has 200 valence electrons. The molecule has 1 fully saturated rings. The molecule has 0 unspecified atom stereocenters. The van der Waals surface area contributed by atoms with Crippen molar-refractivity contribution < 1.29 is 19.5 Å². The van der Waals surface area contributed by atoms with Crippen LogP contribution in [0.5, 0.6) is 0 Å². The Morgan fingerprint density at radius 2 is 1.92 bits per heavy atom. The SMILES string of the molecule is CC(C)n1cnc2c(-c3cccc(COCCCCCCCC(=O)NO)c3)nc(N3CCOCC3)nc21. The number of morpholine rings is 1. The van der Waals surface area contributed by atoms with Gasteiger partial charge in [0.25, 0.3) is 0 Å². The number of carbonyl (C=O) groups is 1. The van der Waals surface area contributed by atoms with Crippen LogP contribution in [0.3, 0.4) is 0 Å². The van der Waals surface area contributed by atoms with E-state index in [9.17, 15) is 4.79 Å². The van der Waals surface area contributed by atoms with Crippen molar-refractivity contribution in [2.45, 2.75) is 65.0 Å². The van der Waals surface area contributed by atoms with Gasteiger partial charge in [0.05, 0.1) is 26.1 Å². The van der Waals surface area contributed by atoms with Crippen molar-refractivity contribution in [3.63, 3.8) is 0 Å². The van der Waals surface area contributed by atoms with Crippen LogP contribution in [-0.2, 0) is 20.9 Å². The molecule has 10 heteroatoms. The molecule has 10 nitrogen and oxygen atoms in total. The van der Waals surface area contributed by atoms with E-state index in [4.69, 9.17) is 29.6 Å². The summed E-state index contributed by atoms with van der Waals surface area (Å²) in [6.07, 6.45) is 7.08. The van der Waals surface area contributed by atoms with E-state index in [0.717, 1.165) is 73.2 Å². The number of amides is 1. The molecule has 37 heavy (non-hydrogen) atoms. The van der Waals surface area contributed by atoms with Gasteiger partial charge in [-0.3, -0.25) is 10.0 Å². The summed E-state index contributed by atoms with van der Waals surface area (Å²) in [4.78, 5) is 27.8. The van der Waals surface area contributed by atoms with Crippen LogP contribution in [0.1, 0.15) is 64.0 Å². The van der Waals surface area contributed by atoms with Gasteiger partial charge in [0.15, 0.2) is 5.65 Å². The highest BCUT2D eigenvalue weighted by atomic mass is 16.5. The summed E-state index contributed by atoms with van der Waals surface area (Å²) < 4.78 is 13.6. The van der Waals surface area contributed by atoms with Crippen LogP contribution in [0.15, 0.2) is 30.6 Å². The molecule has 1 aliphatic heterocycles. The lowest BCUT2D eigenvalue weighted by Gasteiger charge is -2.27. The first kappa shape index (κ1) is 27.0. The van der Waals surface area contributed by atoms with Crippen LogP contribution in [0.25, 0.3) is 22.4 Å². The quantitative estimate of drug-likeness (QED) is 0.199. The van der Waals surface area contributed by atoms with Crippen LogP contribution in [0.2, 0.25) is 0 Å². The van der Waals surface area contributed by atoms with Crippen molar-refractivity contribution in [1.82, 2.24) is 25.0 Å². The summed E-state index contributed by atoms with van der Waals surface area (Å²) >= 11 is 0. The molecule has 0 bridgehead atoms. The topological polar surface area (TPSA) is 115 Å². The Kier molecular flexibility index (Phi) is 9.81. The molecule has 1 saturated heterocycles. The van der Waals surface area contributed by atoms with Gasteiger partial charge in [-0.2, -0.15) is 4.98 Å². The number of unbranched alkanes of at least 4 members (excludes halogenated alkanes) is 4. The molecular weight excluding hydrogens is 472 g/mol. The lowest BCUT2D eigenvalue weighted by atomic mass is 10.1. The monoisotopic (exact) mass is 510 g/mol. The Morgan fingerprint density at radius 1 is 1.14 bits per heavy atom. The van der Waals surface area contributed by atoms with Gasteiger partial charge in [-0.25, -0.2) is 15.4 Å². The zero-order valence-electron chi connectivity index (χ0n) is 21.9. The standard InChI is InChI=1S/C27H38N6O4/c1-20(2)33-19-28-25-24(29-27(30-26(25)33)32-12-15-36-16-13-32)22-10-8-9-21(17-22)18-37-14-7-5-3-4-6-11-23(34)31-35/h8-10,17,19-20,35H,3-7,11-16,18H2,1-2H3,(H,31,34). The van der Waals surface area contributed by atoms with Gasteiger partial charge >= 0.3 is 0 Å². The third-order valence-corrected chi connectivity index (χ3v) is 6.55. The minimum Gasteiger partial charge on any atom is -0.378 e. The largest absolute Gasteiger partial charge is 0.378 e.